The summed E-state index contributed by atoms with van der Waals surface area (Å²) in [4.78, 5) is 12.3. The van der Waals surface area contributed by atoms with Crippen LogP contribution in [0, 0.1) is 5.82 Å². The van der Waals surface area contributed by atoms with E-state index in [-0.39, 0.29) is 15.0 Å². The van der Waals surface area contributed by atoms with Crippen LogP contribution in [0.25, 0.3) is 0 Å². The predicted molar refractivity (Wildman–Crippen MR) is 84.4 cm³/mol. The number of halogens is 2. The number of benzene rings is 2. The first-order valence-electron chi connectivity index (χ1n) is 5.64. The third-order valence-corrected chi connectivity index (χ3v) is 3.67. The normalized spacial score (nSPS) is 10.1. The average molecular weight is 353 g/mol. The first kappa shape index (κ1) is 14.6. The maximum atomic E-state index is 13.4. The highest BCUT2D eigenvalue weighted by Gasteiger charge is 2.13. The molecule has 6 heteroatoms. The summed E-state index contributed by atoms with van der Waals surface area (Å²) in [6, 6.07) is 11.1. The second-order valence-electron chi connectivity index (χ2n) is 4.00. The Morgan fingerprint density at radius 2 is 1.85 bits per heavy atom. The summed E-state index contributed by atoms with van der Waals surface area (Å²) < 4.78 is 13.5. The topological polar surface area (TPSA) is 55.1 Å². The van der Waals surface area contributed by atoms with Crippen LogP contribution in [0.1, 0.15) is 15.9 Å². The Morgan fingerprint density at radius 3 is 2.45 bits per heavy atom. The first-order valence-corrected chi connectivity index (χ1v) is 6.84. The average Bonchev–Trinajstić information content (AvgIpc) is 2.42. The molecule has 102 valence electrons. The number of carbonyl (C=O) groups is 1. The van der Waals surface area contributed by atoms with Crippen molar-refractivity contribution in [3.05, 3.63) is 63.9 Å². The van der Waals surface area contributed by atoms with Crippen molar-refractivity contribution in [2.24, 2.45) is 5.73 Å². The van der Waals surface area contributed by atoms with E-state index in [1.165, 1.54) is 18.2 Å². The number of nitrogens with two attached hydrogens (primary N) is 1. The Kier molecular flexibility index (Phi) is 4.46. The summed E-state index contributed by atoms with van der Waals surface area (Å²) in [6.07, 6.45) is 0. The van der Waals surface area contributed by atoms with Gasteiger partial charge in [0, 0.05) is 11.3 Å². The van der Waals surface area contributed by atoms with Gasteiger partial charge in [0.05, 0.1) is 10.0 Å². The molecular weight excluding hydrogens is 343 g/mol. The number of thiocarbonyl (C=S) groups is 1. The van der Waals surface area contributed by atoms with E-state index in [0.717, 1.165) is 0 Å². The molecule has 0 aliphatic rings. The molecule has 0 spiro atoms. The van der Waals surface area contributed by atoms with Gasteiger partial charge in [0.2, 0.25) is 0 Å². The van der Waals surface area contributed by atoms with E-state index in [9.17, 15) is 9.18 Å². The van der Waals surface area contributed by atoms with E-state index in [1.807, 2.05) is 0 Å². The van der Waals surface area contributed by atoms with Crippen LogP contribution < -0.4 is 11.1 Å². The van der Waals surface area contributed by atoms with Crippen LogP contribution in [-0.4, -0.2) is 10.9 Å². The van der Waals surface area contributed by atoms with Crippen LogP contribution in [0.4, 0.5) is 10.1 Å². The number of carbonyl (C=O) groups excluding carboxylic acids is 1. The molecule has 2 aromatic carbocycles. The maximum Gasteiger partial charge on any atom is 0.256 e. The van der Waals surface area contributed by atoms with E-state index < -0.39 is 11.7 Å². The van der Waals surface area contributed by atoms with Crippen molar-refractivity contribution in [3.8, 4) is 0 Å². The van der Waals surface area contributed by atoms with E-state index in [0.29, 0.717) is 11.3 Å². The molecule has 0 radical (unpaired) electrons. The van der Waals surface area contributed by atoms with E-state index in [1.54, 1.807) is 24.3 Å². The van der Waals surface area contributed by atoms with Gasteiger partial charge in [0.25, 0.3) is 5.91 Å². The van der Waals surface area contributed by atoms with Crippen LogP contribution in [-0.2, 0) is 0 Å². The molecule has 1 amide bonds. The van der Waals surface area contributed by atoms with Gasteiger partial charge < -0.3 is 11.1 Å². The summed E-state index contributed by atoms with van der Waals surface area (Å²) >= 11 is 7.90. The Bertz CT molecular complexity index is 673. The van der Waals surface area contributed by atoms with Gasteiger partial charge in [-0.2, -0.15) is 0 Å². The third-order valence-electron chi connectivity index (χ3n) is 2.62. The third kappa shape index (κ3) is 3.20. The van der Waals surface area contributed by atoms with Gasteiger partial charge in [-0.15, -0.1) is 0 Å². The van der Waals surface area contributed by atoms with Gasteiger partial charge >= 0.3 is 0 Å². The predicted octanol–water partition coefficient (Wildman–Crippen LogP) is 3.47. The molecule has 0 aromatic heterocycles. The molecule has 0 unspecified atom stereocenters. The monoisotopic (exact) mass is 352 g/mol. The standard InChI is InChI=1S/C14H10BrFN2OS/c15-12-10(2-1-3-11(12)16)14(19)18-9-6-4-8(5-7-9)13(17)20/h1-7H,(H2,17,20)(H,18,19). The van der Waals surface area contributed by atoms with E-state index in [4.69, 9.17) is 18.0 Å². The fraction of sp³-hybridized carbons (Fsp3) is 0. The molecule has 20 heavy (non-hydrogen) atoms. The zero-order valence-electron chi connectivity index (χ0n) is 10.2. The van der Waals surface area contributed by atoms with Gasteiger partial charge in [0.15, 0.2) is 0 Å². The molecule has 2 rings (SSSR count). The minimum absolute atomic E-state index is 0.136. The molecule has 3 N–H and O–H groups in total. The van der Waals surface area contributed by atoms with Crippen LogP contribution in [0.3, 0.4) is 0 Å². The lowest BCUT2D eigenvalue weighted by Crippen LogP contribution is -2.14. The summed E-state index contributed by atoms with van der Waals surface area (Å²) in [7, 11) is 0. The highest BCUT2D eigenvalue weighted by atomic mass is 79.9. The molecule has 0 aliphatic carbocycles. The quantitative estimate of drug-likeness (QED) is 0.831. The van der Waals surface area contributed by atoms with Gasteiger partial charge in [-0.1, -0.05) is 18.3 Å². The van der Waals surface area contributed by atoms with Crippen molar-refractivity contribution in [1.29, 1.82) is 0 Å². The largest absolute Gasteiger partial charge is 0.389 e. The molecule has 0 bridgehead atoms. The van der Waals surface area contributed by atoms with Crippen LogP contribution in [0.2, 0.25) is 0 Å². The molecular formula is C14H10BrFN2OS. The van der Waals surface area contributed by atoms with Crippen molar-refractivity contribution in [2.45, 2.75) is 0 Å². The summed E-state index contributed by atoms with van der Waals surface area (Å²) in [6.45, 7) is 0. The fourth-order valence-electron chi connectivity index (χ4n) is 1.60. The molecule has 3 nitrogen and oxygen atoms in total. The van der Waals surface area contributed by atoms with Crippen LogP contribution >= 0.6 is 28.1 Å². The molecule has 0 aliphatic heterocycles. The molecule has 0 heterocycles. The molecule has 0 fully saturated rings. The second kappa shape index (κ2) is 6.11. The maximum absolute atomic E-state index is 13.4. The molecule has 0 saturated heterocycles. The summed E-state index contributed by atoms with van der Waals surface area (Å²) in [5.41, 5.74) is 7.00. The minimum atomic E-state index is -0.485. The van der Waals surface area contributed by atoms with E-state index in [2.05, 4.69) is 21.2 Å². The smallest absolute Gasteiger partial charge is 0.256 e. The zero-order valence-corrected chi connectivity index (χ0v) is 12.6. The molecule has 2 aromatic rings. The zero-order chi connectivity index (χ0) is 14.7. The lowest BCUT2D eigenvalue weighted by Gasteiger charge is -2.08. The number of rotatable bonds is 3. The Morgan fingerprint density at radius 1 is 1.20 bits per heavy atom. The SMILES string of the molecule is NC(=S)c1ccc(NC(=O)c2cccc(F)c2Br)cc1. The minimum Gasteiger partial charge on any atom is -0.389 e. The highest BCUT2D eigenvalue weighted by Crippen LogP contribution is 2.21. The summed E-state index contributed by atoms with van der Waals surface area (Å²) in [5.74, 6) is -0.888. The van der Waals surface area contributed by atoms with Gasteiger partial charge in [-0.05, 0) is 52.3 Å². The second-order valence-corrected chi connectivity index (χ2v) is 5.23. The number of anilines is 1. The van der Waals surface area contributed by atoms with Gasteiger partial charge in [0.1, 0.15) is 10.8 Å². The van der Waals surface area contributed by atoms with Gasteiger partial charge in [-0.25, -0.2) is 4.39 Å². The van der Waals surface area contributed by atoms with Crippen molar-refractivity contribution < 1.29 is 9.18 Å². The molecule has 0 saturated carbocycles. The van der Waals surface area contributed by atoms with Crippen molar-refractivity contribution in [1.82, 2.24) is 0 Å². The van der Waals surface area contributed by atoms with E-state index >= 15 is 0 Å². The number of hydrogen-bond donors (Lipinski definition) is 2. The van der Waals surface area contributed by atoms with Crippen molar-refractivity contribution in [3.63, 3.8) is 0 Å². The Hall–Kier alpha value is -1.79. The van der Waals surface area contributed by atoms with Crippen LogP contribution in [0.5, 0.6) is 0 Å². The Labute approximate surface area is 129 Å². The highest BCUT2D eigenvalue weighted by molar-refractivity contribution is 9.10. The van der Waals surface area contributed by atoms with Crippen LogP contribution in [0.15, 0.2) is 46.9 Å². The number of amides is 1. The number of hydrogen-bond acceptors (Lipinski definition) is 2. The lowest BCUT2D eigenvalue weighted by atomic mass is 10.2. The fourth-order valence-corrected chi connectivity index (χ4v) is 2.18. The van der Waals surface area contributed by atoms with Crippen molar-refractivity contribution >= 4 is 44.7 Å². The Balaban J connectivity index is 2.19. The first-order chi connectivity index (χ1) is 9.49. The lowest BCUT2D eigenvalue weighted by molar-refractivity contribution is 0.102. The van der Waals surface area contributed by atoms with Gasteiger partial charge in [-0.3, -0.25) is 4.79 Å². The van der Waals surface area contributed by atoms with Crippen molar-refractivity contribution in [2.75, 3.05) is 5.32 Å². The molecule has 0 atom stereocenters. The number of nitrogens with one attached hydrogen (secondary N) is 1. The summed E-state index contributed by atoms with van der Waals surface area (Å²) in [5, 5.41) is 2.67.